The van der Waals surface area contributed by atoms with E-state index in [0.29, 0.717) is 25.0 Å². The summed E-state index contributed by atoms with van der Waals surface area (Å²) >= 11 is 0. The fourth-order valence-corrected chi connectivity index (χ4v) is 4.85. The van der Waals surface area contributed by atoms with Gasteiger partial charge >= 0.3 is 12.2 Å². The molecule has 0 amide bonds. The van der Waals surface area contributed by atoms with Crippen LogP contribution in [0.1, 0.15) is 29.5 Å². The Morgan fingerprint density at radius 1 is 1.00 bits per heavy atom. The van der Waals surface area contributed by atoms with Crippen LogP contribution in [-0.2, 0) is 18.2 Å². The Bertz CT molecular complexity index is 1110. The molecule has 2 fully saturated rings. The van der Waals surface area contributed by atoms with E-state index in [1.54, 1.807) is 24.4 Å². The minimum atomic E-state index is -4.29. The van der Waals surface area contributed by atoms with Crippen LogP contribution in [0, 0.1) is 5.92 Å². The lowest BCUT2D eigenvalue weighted by atomic mass is 9.94. The molecule has 1 aromatic heterocycles. The quantitative estimate of drug-likeness (QED) is 0.407. The highest BCUT2D eigenvalue weighted by Gasteiger charge is 2.60. The second kappa shape index (κ2) is 9.25. The maximum atomic E-state index is 12.9. The van der Waals surface area contributed by atoms with Gasteiger partial charge in [0.2, 0.25) is 5.88 Å². The number of rotatable bonds is 9. The Labute approximate surface area is 196 Å². The van der Waals surface area contributed by atoms with Gasteiger partial charge in [-0.1, -0.05) is 42.5 Å². The average molecular weight is 470 g/mol. The number of aromatic nitrogens is 2. The lowest BCUT2D eigenvalue weighted by molar-refractivity contribution is -0.137. The zero-order chi connectivity index (χ0) is 23.6. The maximum Gasteiger partial charge on any atom is 0.416 e. The van der Waals surface area contributed by atoms with E-state index in [1.807, 2.05) is 30.3 Å². The van der Waals surface area contributed by atoms with Gasteiger partial charge in [-0.05, 0) is 42.0 Å². The first-order valence-corrected chi connectivity index (χ1v) is 11.5. The summed E-state index contributed by atoms with van der Waals surface area (Å²) in [5.41, 5.74) is 1.50. The van der Waals surface area contributed by atoms with Gasteiger partial charge in [-0.2, -0.15) is 18.2 Å². The van der Waals surface area contributed by atoms with Gasteiger partial charge < -0.3 is 14.4 Å². The molecule has 1 saturated heterocycles. The number of hydrogen-bond acceptors (Lipinski definition) is 5. The molecule has 0 radical (unpaired) electrons. The summed E-state index contributed by atoms with van der Waals surface area (Å²) in [7, 11) is 0. The Kier molecular flexibility index (Phi) is 6.16. The van der Waals surface area contributed by atoms with Crippen molar-refractivity contribution in [3.05, 3.63) is 83.6 Å². The van der Waals surface area contributed by atoms with Crippen molar-refractivity contribution < 1.29 is 22.6 Å². The normalized spacial score (nSPS) is 21.8. The van der Waals surface area contributed by atoms with E-state index < -0.39 is 11.7 Å². The van der Waals surface area contributed by atoms with E-state index in [9.17, 15) is 13.2 Å². The molecule has 0 unspecified atom stereocenters. The van der Waals surface area contributed by atoms with Gasteiger partial charge in [0.25, 0.3) is 0 Å². The van der Waals surface area contributed by atoms with Gasteiger partial charge in [0.1, 0.15) is 6.61 Å². The SMILES string of the molecule is FC(F)(F)c1ccc([C@]23C[C@H]2CN(CCCOc2nccc(OCc4ccccc4)n2)C3)cc1. The van der Waals surface area contributed by atoms with Crippen LogP contribution >= 0.6 is 0 Å². The molecule has 1 aliphatic carbocycles. The molecule has 8 heteroatoms. The summed E-state index contributed by atoms with van der Waals surface area (Å²) in [5.74, 6) is 0.985. The summed E-state index contributed by atoms with van der Waals surface area (Å²) in [5, 5.41) is 0. The van der Waals surface area contributed by atoms with Crippen LogP contribution in [0.5, 0.6) is 11.9 Å². The van der Waals surface area contributed by atoms with E-state index in [0.717, 1.165) is 43.6 Å². The van der Waals surface area contributed by atoms with Crippen LogP contribution in [0.3, 0.4) is 0 Å². The standard InChI is InChI=1S/C26H26F3N3O2/c27-26(28,29)21-9-7-20(8-10-21)25-15-22(25)16-32(18-25)13-4-14-33-24-30-12-11-23(31-24)34-17-19-5-2-1-3-6-19/h1-3,5-12,22H,4,13-18H2/t22-,25+/m0/s1. The zero-order valence-electron chi connectivity index (χ0n) is 18.7. The monoisotopic (exact) mass is 469 g/mol. The van der Waals surface area contributed by atoms with Crippen LogP contribution in [0.25, 0.3) is 0 Å². The van der Waals surface area contributed by atoms with E-state index >= 15 is 0 Å². The van der Waals surface area contributed by atoms with Gasteiger partial charge in [0.15, 0.2) is 0 Å². The van der Waals surface area contributed by atoms with Crippen LogP contribution < -0.4 is 9.47 Å². The van der Waals surface area contributed by atoms with Crippen molar-refractivity contribution in [3.63, 3.8) is 0 Å². The second-order valence-corrected chi connectivity index (χ2v) is 9.02. The summed E-state index contributed by atoms with van der Waals surface area (Å²) in [6.45, 7) is 3.62. The summed E-state index contributed by atoms with van der Waals surface area (Å²) < 4.78 is 50.0. The number of nitrogens with zero attached hydrogens (tertiary/aromatic N) is 3. The number of halogens is 3. The molecule has 3 aromatic rings. The van der Waals surface area contributed by atoms with Crippen LogP contribution in [0.15, 0.2) is 66.9 Å². The third kappa shape index (κ3) is 5.01. The molecule has 2 heterocycles. The number of ether oxygens (including phenoxy) is 2. The number of benzene rings is 2. The molecule has 2 atom stereocenters. The van der Waals surface area contributed by atoms with Crippen molar-refractivity contribution >= 4 is 0 Å². The summed E-state index contributed by atoms with van der Waals surface area (Å²) in [6, 6.07) is 17.6. The Morgan fingerprint density at radius 3 is 2.56 bits per heavy atom. The maximum absolute atomic E-state index is 12.9. The van der Waals surface area contributed by atoms with Crippen molar-refractivity contribution in [2.24, 2.45) is 5.92 Å². The van der Waals surface area contributed by atoms with E-state index in [2.05, 4.69) is 14.9 Å². The summed E-state index contributed by atoms with van der Waals surface area (Å²) in [4.78, 5) is 10.8. The Morgan fingerprint density at radius 2 is 1.79 bits per heavy atom. The molecule has 2 aliphatic rings. The smallest absolute Gasteiger partial charge is 0.416 e. The number of fused-ring (bicyclic) bond motifs is 1. The minimum Gasteiger partial charge on any atom is -0.473 e. The number of piperidine rings is 1. The first-order chi connectivity index (χ1) is 16.4. The van der Waals surface area contributed by atoms with Crippen LogP contribution in [-0.4, -0.2) is 41.1 Å². The van der Waals surface area contributed by atoms with Gasteiger partial charge in [0.05, 0.1) is 12.2 Å². The van der Waals surface area contributed by atoms with Gasteiger partial charge in [-0.3, -0.25) is 0 Å². The molecule has 0 spiro atoms. The van der Waals surface area contributed by atoms with Crippen molar-refractivity contribution in [2.45, 2.75) is 31.0 Å². The average Bonchev–Trinajstić information content (AvgIpc) is 3.42. The number of alkyl halides is 3. The predicted molar refractivity (Wildman–Crippen MR) is 121 cm³/mol. The minimum absolute atomic E-state index is 0.0124. The van der Waals surface area contributed by atoms with Gasteiger partial charge in [-0.25, -0.2) is 4.98 Å². The zero-order valence-corrected chi connectivity index (χ0v) is 18.7. The predicted octanol–water partition coefficient (Wildman–Crippen LogP) is 5.12. The second-order valence-electron chi connectivity index (χ2n) is 9.02. The molecule has 0 bridgehead atoms. The molecule has 5 rings (SSSR count). The number of likely N-dealkylation sites (tertiary alicyclic amines) is 1. The molecule has 0 N–H and O–H groups in total. The highest BCUT2D eigenvalue weighted by Crippen LogP contribution is 2.59. The van der Waals surface area contributed by atoms with Crippen LogP contribution in [0.2, 0.25) is 0 Å². The van der Waals surface area contributed by atoms with Gasteiger partial charge in [0, 0.05) is 37.3 Å². The largest absolute Gasteiger partial charge is 0.473 e. The van der Waals surface area contributed by atoms with E-state index in [4.69, 9.17) is 9.47 Å². The lowest BCUT2D eigenvalue weighted by Gasteiger charge is -2.21. The topological polar surface area (TPSA) is 47.5 Å². The van der Waals surface area contributed by atoms with E-state index in [1.165, 1.54) is 12.1 Å². The van der Waals surface area contributed by atoms with Crippen LogP contribution in [0.4, 0.5) is 13.2 Å². The highest BCUT2D eigenvalue weighted by molar-refractivity contribution is 5.39. The first kappa shape index (κ1) is 22.7. The fraction of sp³-hybridized carbons (Fsp3) is 0.385. The Balaban J connectivity index is 1.07. The Hall–Kier alpha value is -3.13. The van der Waals surface area contributed by atoms with Crippen molar-refractivity contribution in [1.29, 1.82) is 0 Å². The summed E-state index contributed by atoms with van der Waals surface area (Å²) in [6.07, 6.45) is -0.814. The fourth-order valence-electron chi connectivity index (χ4n) is 4.85. The molecular formula is C26H26F3N3O2. The van der Waals surface area contributed by atoms with Crippen molar-refractivity contribution in [3.8, 4) is 11.9 Å². The molecule has 5 nitrogen and oxygen atoms in total. The molecule has 2 aromatic carbocycles. The molecule has 1 saturated carbocycles. The molecule has 178 valence electrons. The molecule has 1 aliphatic heterocycles. The third-order valence-electron chi connectivity index (χ3n) is 6.69. The first-order valence-electron chi connectivity index (χ1n) is 11.5. The van der Waals surface area contributed by atoms with Crippen molar-refractivity contribution in [1.82, 2.24) is 14.9 Å². The molecule has 34 heavy (non-hydrogen) atoms. The third-order valence-corrected chi connectivity index (χ3v) is 6.69. The highest BCUT2D eigenvalue weighted by atomic mass is 19.4. The molecular weight excluding hydrogens is 443 g/mol. The lowest BCUT2D eigenvalue weighted by Crippen LogP contribution is -2.28. The van der Waals surface area contributed by atoms with Crippen molar-refractivity contribution in [2.75, 3.05) is 26.2 Å². The van der Waals surface area contributed by atoms with Gasteiger partial charge in [-0.15, -0.1) is 0 Å². The van der Waals surface area contributed by atoms with E-state index in [-0.39, 0.29) is 11.4 Å². The number of hydrogen-bond donors (Lipinski definition) is 0.